The number of nitrogens with one attached hydrogen (secondary N) is 1. The van der Waals surface area contributed by atoms with E-state index >= 15 is 0 Å². The predicted octanol–water partition coefficient (Wildman–Crippen LogP) is -0.693. The van der Waals surface area contributed by atoms with E-state index in [1.54, 1.807) is 0 Å². The van der Waals surface area contributed by atoms with Gasteiger partial charge in [0.15, 0.2) is 0 Å². The first-order valence-electron chi connectivity index (χ1n) is 5.07. The lowest BCUT2D eigenvalue weighted by atomic mass is 10.3. The molecule has 0 aliphatic carbocycles. The smallest absolute Gasteiger partial charge is 0.0936 e. The average Bonchev–Trinajstić information content (AvgIpc) is 2.21. The van der Waals surface area contributed by atoms with E-state index in [9.17, 15) is 0 Å². The molecule has 0 aromatic heterocycles. The molecule has 2 saturated heterocycles. The Labute approximate surface area is 79.2 Å². The Morgan fingerprint density at radius 2 is 2.08 bits per heavy atom. The summed E-state index contributed by atoms with van der Waals surface area (Å²) in [6, 6.07) is 0. The predicted molar refractivity (Wildman–Crippen MR) is 49.9 cm³/mol. The maximum atomic E-state index is 5.59. The second kappa shape index (κ2) is 4.91. The molecule has 2 rings (SSSR count). The van der Waals surface area contributed by atoms with Crippen molar-refractivity contribution in [3.63, 3.8) is 0 Å². The highest BCUT2D eigenvalue weighted by Gasteiger charge is 2.19. The summed E-state index contributed by atoms with van der Waals surface area (Å²) < 4.78 is 10.9. The lowest BCUT2D eigenvalue weighted by Gasteiger charge is -2.32. The molecule has 2 fully saturated rings. The molecule has 1 atom stereocenters. The Morgan fingerprint density at radius 3 is 2.77 bits per heavy atom. The van der Waals surface area contributed by atoms with E-state index in [0.29, 0.717) is 6.10 Å². The van der Waals surface area contributed by atoms with Crippen molar-refractivity contribution >= 4 is 0 Å². The van der Waals surface area contributed by atoms with Crippen LogP contribution in [-0.4, -0.2) is 63.5 Å². The van der Waals surface area contributed by atoms with Gasteiger partial charge >= 0.3 is 0 Å². The lowest BCUT2D eigenvalue weighted by Crippen LogP contribution is -2.48. The van der Waals surface area contributed by atoms with Crippen LogP contribution >= 0.6 is 0 Å². The quantitative estimate of drug-likeness (QED) is 0.619. The fourth-order valence-electron chi connectivity index (χ4n) is 1.82. The minimum absolute atomic E-state index is 0.298. The first-order valence-corrected chi connectivity index (χ1v) is 5.07. The molecule has 0 aromatic carbocycles. The summed E-state index contributed by atoms with van der Waals surface area (Å²) in [4.78, 5) is 2.44. The number of nitrogens with zero attached hydrogens (tertiary/aromatic N) is 1. The van der Waals surface area contributed by atoms with Crippen molar-refractivity contribution in [1.29, 1.82) is 0 Å². The van der Waals surface area contributed by atoms with Crippen molar-refractivity contribution < 1.29 is 9.47 Å². The number of ether oxygens (including phenoxy) is 2. The minimum Gasteiger partial charge on any atom is -0.376 e. The van der Waals surface area contributed by atoms with Gasteiger partial charge in [-0.2, -0.15) is 0 Å². The Bertz CT molecular complexity index is 127. The van der Waals surface area contributed by atoms with Gasteiger partial charge < -0.3 is 14.8 Å². The average molecular weight is 186 g/mol. The van der Waals surface area contributed by atoms with Crippen LogP contribution in [0.3, 0.4) is 0 Å². The molecule has 0 unspecified atom stereocenters. The third-order valence-corrected chi connectivity index (χ3v) is 2.56. The maximum Gasteiger partial charge on any atom is 0.0936 e. The standard InChI is InChI=1S/C9H18N2O2/c1-3-11(4-2-10-1)7-9-8-12-5-6-13-9/h9-10H,1-8H2/t9-/m1/s1. The SMILES string of the molecule is C1CN(C[C@@H]2COCCO2)CCN1. The van der Waals surface area contributed by atoms with Gasteiger partial charge in [0, 0.05) is 32.7 Å². The summed E-state index contributed by atoms with van der Waals surface area (Å²) in [6.07, 6.45) is 0.298. The summed E-state index contributed by atoms with van der Waals surface area (Å²) in [5, 5.41) is 3.34. The third kappa shape index (κ3) is 2.91. The summed E-state index contributed by atoms with van der Waals surface area (Å²) in [7, 11) is 0. The monoisotopic (exact) mass is 186 g/mol. The molecule has 0 amide bonds. The molecule has 4 nitrogen and oxygen atoms in total. The van der Waals surface area contributed by atoms with Crippen molar-refractivity contribution in [2.24, 2.45) is 0 Å². The topological polar surface area (TPSA) is 33.7 Å². The zero-order valence-corrected chi connectivity index (χ0v) is 8.00. The first-order chi connectivity index (χ1) is 6.45. The summed E-state index contributed by atoms with van der Waals surface area (Å²) in [6.45, 7) is 7.81. The van der Waals surface area contributed by atoms with E-state index < -0.39 is 0 Å². The molecule has 0 saturated carbocycles. The molecule has 4 heteroatoms. The molecule has 0 radical (unpaired) electrons. The third-order valence-electron chi connectivity index (χ3n) is 2.56. The van der Waals surface area contributed by atoms with Crippen LogP contribution in [0, 0.1) is 0 Å². The van der Waals surface area contributed by atoms with Crippen LogP contribution < -0.4 is 5.32 Å². The van der Waals surface area contributed by atoms with Crippen molar-refractivity contribution in [2.75, 3.05) is 52.5 Å². The van der Waals surface area contributed by atoms with Crippen LogP contribution in [0.2, 0.25) is 0 Å². The van der Waals surface area contributed by atoms with Gasteiger partial charge in [0.25, 0.3) is 0 Å². The first kappa shape index (κ1) is 9.40. The van der Waals surface area contributed by atoms with Gasteiger partial charge in [0.05, 0.1) is 25.9 Å². The number of rotatable bonds is 2. The normalized spacial score (nSPS) is 31.8. The van der Waals surface area contributed by atoms with Crippen LogP contribution in [0.1, 0.15) is 0 Å². The molecule has 0 aromatic rings. The van der Waals surface area contributed by atoms with Gasteiger partial charge in [0.1, 0.15) is 0 Å². The van der Waals surface area contributed by atoms with Crippen molar-refractivity contribution in [1.82, 2.24) is 10.2 Å². The molecule has 2 aliphatic rings. The lowest BCUT2D eigenvalue weighted by molar-refractivity contribution is -0.0980. The molecule has 13 heavy (non-hydrogen) atoms. The zero-order chi connectivity index (χ0) is 8.93. The Kier molecular flexibility index (Phi) is 3.55. The molecule has 2 aliphatic heterocycles. The Hall–Kier alpha value is -0.160. The number of hydrogen-bond acceptors (Lipinski definition) is 4. The van der Waals surface area contributed by atoms with Crippen LogP contribution in [0.25, 0.3) is 0 Å². The highest BCUT2D eigenvalue weighted by molar-refractivity contribution is 4.72. The number of hydrogen-bond donors (Lipinski definition) is 1. The minimum atomic E-state index is 0.298. The van der Waals surface area contributed by atoms with E-state index in [2.05, 4.69) is 10.2 Å². The van der Waals surface area contributed by atoms with E-state index in [-0.39, 0.29) is 0 Å². The summed E-state index contributed by atoms with van der Waals surface area (Å²) in [5.41, 5.74) is 0. The van der Waals surface area contributed by atoms with Crippen LogP contribution in [0.15, 0.2) is 0 Å². The van der Waals surface area contributed by atoms with Crippen LogP contribution in [-0.2, 0) is 9.47 Å². The van der Waals surface area contributed by atoms with Gasteiger partial charge in [-0.25, -0.2) is 0 Å². The van der Waals surface area contributed by atoms with Gasteiger partial charge in [-0.1, -0.05) is 0 Å². The Morgan fingerprint density at radius 1 is 1.23 bits per heavy atom. The Balaban J connectivity index is 1.69. The van der Waals surface area contributed by atoms with E-state index in [1.807, 2.05) is 0 Å². The second-order valence-corrected chi connectivity index (χ2v) is 3.62. The largest absolute Gasteiger partial charge is 0.376 e. The molecule has 2 heterocycles. The van der Waals surface area contributed by atoms with E-state index in [1.165, 1.54) is 0 Å². The molecular weight excluding hydrogens is 168 g/mol. The summed E-state index contributed by atoms with van der Waals surface area (Å²) in [5.74, 6) is 0. The molecule has 76 valence electrons. The maximum absolute atomic E-state index is 5.59. The summed E-state index contributed by atoms with van der Waals surface area (Å²) >= 11 is 0. The molecule has 0 spiro atoms. The highest BCUT2D eigenvalue weighted by atomic mass is 16.6. The molecule has 1 N–H and O–H groups in total. The van der Waals surface area contributed by atoms with Crippen LogP contribution in [0.4, 0.5) is 0 Å². The van der Waals surface area contributed by atoms with Gasteiger partial charge in [-0.05, 0) is 0 Å². The fraction of sp³-hybridized carbons (Fsp3) is 1.00. The van der Waals surface area contributed by atoms with Gasteiger partial charge in [0.2, 0.25) is 0 Å². The van der Waals surface area contributed by atoms with Crippen molar-refractivity contribution in [3.05, 3.63) is 0 Å². The van der Waals surface area contributed by atoms with Gasteiger partial charge in [-0.3, -0.25) is 4.90 Å². The van der Waals surface area contributed by atoms with Crippen molar-refractivity contribution in [2.45, 2.75) is 6.10 Å². The fourth-order valence-corrected chi connectivity index (χ4v) is 1.82. The number of piperazine rings is 1. The zero-order valence-electron chi connectivity index (χ0n) is 8.00. The highest BCUT2D eigenvalue weighted by Crippen LogP contribution is 2.04. The second-order valence-electron chi connectivity index (χ2n) is 3.62. The van der Waals surface area contributed by atoms with Crippen LogP contribution in [0.5, 0.6) is 0 Å². The van der Waals surface area contributed by atoms with E-state index in [0.717, 1.165) is 52.5 Å². The molecular formula is C9H18N2O2. The van der Waals surface area contributed by atoms with E-state index in [4.69, 9.17) is 9.47 Å². The van der Waals surface area contributed by atoms with Crippen molar-refractivity contribution in [3.8, 4) is 0 Å². The molecule has 0 bridgehead atoms. The van der Waals surface area contributed by atoms with Gasteiger partial charge in [-0.15, -0.1) is 0 Å².